The predicted molar refractivity (Wildman–Crippen MR) is 75.7 cm³/mol. The Morgan fingerprint density at radius 2 is 2.30 bits per heavy atom. The lowest BCUT2D eigenvalue weighted by atomic mass is 9.81. The van der Waals surface area contributed by atoms with Crippen LogP contribution in [0, 0.1) is 11.3 Å². The SMILES string of the molecule is CC(C)c1cc(N2C[C@@H]3CCC[C@@]3(C(=O)O)C2)ncn1. The molecule has 1 saturated heterocycles. The summed E-state index contributed by atoms with van der Waals surface area (Å²) in [5.41, 5.74) is 0.458. The molecule has 1 N–H and O–H groups in total. The summed E-state index contributed by atoms with van der Waals surface area (Å²) in [4.78, 5) is 22.5. The van der Waals surface area contributed by atoms with Crippen molar-refractivity contribution in [1.29, 1.82) is 0 Å². The molecule has 2 aliphatic rings. The smallest absolute Gasteiger partial charge is 0.311 e. The van der Waals surface area contributed by atoms with Crippen LogP contribution in [0.5, 0.6) is 0 Å². The number of hydrogen-bond donors (Lipinski definition) is 1. The fourth-order valence-electron chi connectivity index (χ4n) is 3.66. The van der Waals surface area contributed by atoms with Gasteiger partial charge < -0.3 is 10.0 Å². The van der Waals surface area contributed by atoms with E-state index in [1.807, 2.05) is 6.07 Å². The van der Waals surface area contributed by atoms with E-state index in [1.54, 1.807) is 6.33 Å². The van der Waals surface area contributed by atoms with Crippen LogP contribution in [0.3, 0.4) is 0 Å². The maximum Gasteiger partial charge on any atom is 0.311 e. The molecule has 1 saturated carbocycles. The number of anilines is 1. The van der Waals surface area contributed by atoms with Crippen molar-refractivity contribution in [3.8, 4) is 0 Å². The highest BCUT2D eigenvalue weighted by Crippen LogP contribution is 2.49. The molecule has 2 atom stereocenters. The number of aromatic nitrogens is 2. The van der Waals surface area contributed by atoms with E-state index in [0.29, 0.717) is 12.5 Å². The summed E-state index contributed by atoms with van der Waals surface area (Å²) in [6, 6.07) is 2.00. The minimum atomic E-state index is -0.638. The quantitative estimate of drug-likeness (QED) is 0.916. The van der Waals surface area contributed by atoms with Crippen molar-refractivity contribution in [1.82, 2.24) is 9.97 Å². The molecule has 0 bridgehead atoms. The van der Waals surface area contributed by atoms with Crippen LogP contribution in [0.4, 0.5) is 5.82 Å². The van der Waals surface area contributed by atoms with Gasteiger partial charge in [0.1, 0.15) is 12.1 Å². The van der Waals surface area contributed by atoms with Crippen LogP contribution in [0.25, 0.3) is 0 Å². The van der Waals surface area contributed by atoms with Gasteiger partial charge >= 0.3 is 5.97 Å². The number of carboxylic acid groups (broad SMARTS) is 1. The summed E-state index contributed by atoms with van der Waals surface area (Å²) in [6.07, 6.45) is 4.44. The summed E-state index contributed by atoms with van der Waals surface area (Å²) in [5.74, 6) is 0.851. The molecule has 0 radical (unpaired) electrons. The standard InChI is InChI=1S/C15H21N3O2/c1-10(2)12-6-13(17-9-16-12)18-7-11-4-3-5-15(11,8-18)14(19)20/h6,9-11H,3-5,7-8H2,1-2H3,(H,19,20)/t11-,15+/m0/s1. The van der Waals surface area contributed by atoms with Crippen molar-refractivity contribution in [2.45, 2.75) is 39.0 Å². The van der Waals surface area contributed by atoms with Crippen LogP contribution in [-0.4, -0.2) is 34.1 Å². The normalized spacial score (nSPS) is 28.9. The first-order valence-electron chi connectivity index (χ1n) is 7.33. The molecule has 1 aromatic heterocycles. The lowest BCUT2D eigenvalue weighted by Crippen LogP contribution is -2.35. The Balaban J connectivity index is 1.87. The molecule has 3 rings (SSSR count). The van der Waals surface area contributed by atoms with Gasteiger partial charge in [0.05, 0.1) is 5.41 Å². The molecule has 0 aromatic carbocycles. The number of nitrogens with zero attached hydrogens (tertiary/aromatic N) is 3. The number of hydrogen-bond acceptors (Lipinski definition) is 4. The minimum Gasteiger partial charge on any atom is -0.481 e. The van der Waals surface area contributed by atoms with E-state index < -0.39 is 11.4 Å². The molecule has 5 heteroatoms. The zero-order chi connectivity index (χ0) is 14.3. The molecule has 108 valence electrons. The van der Waals surface area contributed by atoms with Crippen LogP contribution in [0.1, 0.15) is 44.7 Å². The van der Waals surface area contributed by atoms with Gasteiger partial charge in [-0.05, 0) is 24.7 Å². The maximum absolute atomic E-state index is 11.7. The van der Waals surface area contributed by atoms with Crippen LogP contribution >= 0.6 is 0 Å². The van der Waals surface area contributed by atoms with Gasteiger partial charge in [-0.3, -0.25) is 4.79 Å². The molecule has 1 aromatic rings. The van der Waals surface area contributed by atoms with Gasteiger partial charge in [-0.1, -0.05) is 20.3 Å². The average molecular weight is 275 g/mol. The second kappa shape index (κ2) is 4.72. The number of carboxylic acids is 1. The molecule has 1 aliphatic heterocycles. The maximum atomic E-state index is 11.7. The Labute approximate surface area is 119 Å². The average Bonchev–Trinajstić information content (AvgIpc) is 2.96. The minimum absolute atomic E-state index is 0.262. The molecule has 20 heavy (non-hydrogen) atoms. The Hall–Kier alpha value is -1.65. The monoisotopic (exact) mass is 275 g/mol. The van der Waals surface area contributed by atoms with E-state index in [0.717, 1.165) is 37.3 Å². The molecule has 0 spiro atoms. The van der Waals surface area contributed by atoms with Gasteiger partial charge in [-0.2, -0.15) is 0 Å². The highest BCUT2D eigenvalue weighted by Gasteiger charge is 2.55. The van der Waals surface area contributed by atoms with Crippen molar-refractivity contribution < 1.29 is 9.90 Å². The second-order valence-corrected chi connectivity index (χ2v) is 6.39. The number of fused-ring (bicyclic) bond motifs is 1. The van der Waals surface area contributed by atoms with E-state index in [1.165, 1.54) is 0 Å². The fourth-order valence-corrected chi connectivity index (χ4v) is 3.66. The molecular formula is C15H21N3O2. The third kappa shape index (κ3) is 1.96. The van der Waals surface area contributed by atoms with Gasteiger partial charge in [0.2, 0.25) is 0 Å². The van der Waals surface area contributed by atoms with E-state index in [2.05, 4.69) is 28.7 Å². The van der Waals surface area contributed by atoms with Crippen molar-refractivity contribution in [2.75, 3.05) is 18.0 Å². The third-order valence-corrected chi connectivity index (χ3v) is 4.89. The van der Waals surface area contributed by atoms with Crippen molar-refractivity contribution in [3.05, 3.63) is 18.1 Å². The number of aliphatic carboxylic acids is 1. The van der Waals surface area contributed by atoms with Crippen LogP contribution in [-0.2, 0) is 4.79 Å². The van der Waals surface area contributed by atoms with Crippen LogP contribution in [0.15, 0.2) is 12.4 Å². The number of carbonyl (C=O) groups is 1. The lowest BCUT2D eigenvalue weighted by Gasteiger charge is -2.23. The van der Waals surface area contributed by atoms with E-state index in [-0.39, 0.29) is 5.92 Å². The summed E-state index contributed by atoms with van der Waals surface area (Å²) >= 11 is 0. The largest absolute Gasteiger partial charge is 0.481 e. The highest BCUT2D eigenvalue weighted by molar-refractivity contribution is 5.77. The van der Waals surface area contributed by atoms with Crippen LogP contribution in [0.2, 0.25) is 0 Å². The van der Waals surface area contributed by atoms with Crippen LogP contribution < -0.4 is 4.90 Å². The van der Waals surface area contributed by atoms with Gasteiger partial charge in [-0.15, -0.1) is 0 Å². The van der Waals surface area contributed by atoms with Crippen molar-refractivity contribution in [3.63, 3.8) is 0 Å². The van der Waals surface area contributed by atoms with E-state index in [4.69, 9.17) is 0 Å². The Morgan fingerprint density at radius 1 is 1.50 bits per heavy atom. The topological polar surface area (TPSA) is 66.3 Å². The van der Waals surface area contributed by atoms with E-state index >= 15 is 0 Å². The Bertz CT molecular complexity index is 532. The fraction of sp³-hybridized carbons (Fsp3) is 0.667. The van der Waals surface area contributed by atoms with E-state index in [9.17, 15) is 9.90 Å². The zero-order valence-electron chi connectivity index (χ0n) is 12.0. The molecule has 2 fully saturated rings. The van der Waals surface area contributed by atoms with Gasteiger partial charge in [0.25, 0.3) is 0 Å². The lowest BCUT2D eigenvalue weighted by molar-refractivity contribution is -0.149. The highest BCUT2D eigenvalue weighted by atomic mass is 16.4. The molecule has 0 amide bonds. The predicted octanol–water partition coefficient (Wildman–Crippen LogP) is 2.29. The molecule has 2 heterocycles. The second-order valence-electron chi connectivity index (χ2n) is 6.39. The summed E-state index contributed by atoms with van der Waals surface area (Å²) < 4.78 is 0. The Morgan fingerprint density at radius 3 is 2.95 bits per heavy atom. The van der Waals surface area contributed by atoms with Gasteiger partial charge in [0, 0.05) is 24.8 Å². The first kappa shape index (κ1) is 13.3. The first-order valence-corrected chi connectivity index (χ1v) is 7.33. The van der Waals surface area contributed by atoms with Gasteiger partial charge in [0.15, 0.2) is 0 Å². The summed E-state index contributed by atoms with van der Waals surface area (Å²) in [7, 11) is 0. The number of rotatable bonds is 3. The first-order chi connectivity index (χ1) is 9.53. The Kier molecular flexibility index (Phi) is 3.15. The zero-order valence-corrected chi connectivity index (χ0v) is 12.0. The summed E-state index contributed by atoms with van der Waals surface area (Å²) in [5, 5.41) is 9.62. The third-order valence-electron chi connectivity index (χ3n) is 4.89. The molecule has 1 aliphatic carbocycles. The molecule has 5 nitrogen and oxygen atoms in total. The molecular weight excluding hydrogens is 254 g/mol. The van der Waals surface area contributed by atoms with Gasteiger partial charge in [-0.25, -0.2) is 9.97 Å². The molecule has 0 unspecified atom stereocenters. The summed E-state index contributed by atoms with van der Waals surface area (Å²) in [6.45, 7) is 5.59. The van der Waals surface area contributed by atoms with Crippen molar-refractivity contribution >= 4 is 11.8 Å². The van der Waals surface area contributed by atoms with Crippen molar-refractivity contribution in [2.24, 2.45) is 11.3 Å².